The Morgan fingerprint density at radius 2 is 2.19 bits per heavy atom. The van der Waals surface area contributed by atoms with E-state index in [1.165, 1.54) is 0 Å². The Labute approximate surface area is 155 Å². The molecule has 1 N–H and O–H groups in total. The third kappa shape index (κ3) is 3.17. The summed E-state index contributed by atoms with van der Waals surface area (Å²) in [5.74, 6) is 0.363. The normalized spacial score (nSPS) is 17.1. The van der Waals surface area contributed by atoms with E-state index in [0.717, 1.165) is 10.6 Å². The molecule has 138 valence electrons. The van der Waals surface area contributed by atoms with Gasteiger partial charge in [0.15, 0.2) is 12.4 Å². The van der Waals surface area contributed by atoms with E-state index in [2.05, 4.69) is 5.32 Å². The number of ether oxygens (including phenoxy) is 2. The average molecular weight is 367 g/mol. The van der Waals surface area contributed by atoms with Gasteiger partial charge < -0.3 is 19.4 Å². The summed E-state index contributed by atoms with van der Waals surface area (Å²) < 4.78 is 13.0. The summed E-state index contributed by atoms with van der Waals surface area (Å²) in [4.78, 5) is 37.1. The first-order valence-electron chi connectivity index (χ1n) is 8.43. The van der Waals surface area contributed by atoms with Crippen molar-refractivity contribution in [1.29, 1.82) is 0 Å². The first-order chi connectivity index (χ1) is 13.0. The molecule has 2 aliphatic rings. The Morgan fingerprint density at radius 1 is 1.33 bits per heavy atom. The van der Waals surface area contributed by atoms with Crippen LogP contribution in [0.1, 0.15) is 16.1 Å². The Kier molecular flexibility index (Phi) is 4.15. The molecular weight excluding hydrogens is 350 g/mol. The van der Waals surface area contributed by atoms with Crippen LogP contribution in [0.4, 0.5) is 4.79 Å². The second kappa shape index (κ2) is 6.64. The van der Waals surface area contributed by atoms with Crippen molar-refractivity contribution in [3.05, 3.63) is 53.5 Å². The number of Topliss-reactive ketones (excluding diaryl/α,β-unsaturated/α-hetero) is 1. The highest BCUT2D eigenvalue weighted by Gasteiger charge is 2.29. The molecule has 0 atom stereocenters. The fraction of sp³-hybridized carbons (Fsp3) is 0.211. The molecule has 0 aliphatic carbocycles. The van der Waals surface area contributed by atoms with E-state index in [9.17, 15) is 14.4 Å². The lowest BCUT2D eigenvalue weighted by atomic mass is 10.1. The Morgan fingerprint density at radius 3 is 2.89 bits per heavy atom. The highest BCUT2D eigenvalue weighted by Crippen LogP contribution is 2.34. The van der Waals surface area contributed by atoms with Gasteiger partial charge in [0.05, 0.1) is 5.56 Å². The smallest absolute Gasteiger partial charge is 0.324 e. The maximum Gasteiger partial charge on any atom is 0.324 e. The van der Waals surface area contributed by atoms with Gasteiger partial charge in [-0.2, -0.15) is 0 Å². The third-order valence-corrected chi connectivity index (χ3v) is 4.42. The Balaban J connectivity index is 1.46. The van der Waals surface area contributed by atoms with Crippen molar-refractivity contribution in [3.63, 3.8) is 0 Å². The summed E-state index contributed by atoms with van der Waals surface area (Å²) in [6.45, 7) is 0.498. The highest BCUT2D eigenvalue weighted by molar-refractivity contribution is 6.14. The van der Waals surface area contributed by atoms with Crippen LogP contribution in [0, 0.1) is 0 Å². The monoisotopic (exact) mass is 367 g/mol. The van der Waals surface area contributed by atoms with Crippen molar-refractivity contribution < 1.29 is 23.9 Å². The van der Waals surface area contributed by atoms with Crippen LogP contribution in [-0.4, -0.2) is 46.9 Å². The molecule has 3 heterocycles. The summed E-state index contributed by atoms with van der Waals surface area (Å²) in [6.07, 6.45) is 3.56. The van der Waals surface area contributed by atoms with Gasteiger partial charge >= 0.3 is 6.03 Å². The summed E-state index contributed by atoms with van der Waals surface area (Å²) in [5, 5.41) is 2.56. The van der Waals surface area contributed by atoms with Crippen molar-refractivity contribution in [2.45, 2.75) is 0 Å². The van der Waals surface area contributed by atoms with Crippen LogP contribution in [-0.2, 0) is 11.8 Å². The molecule has 4 rings (SSSR count). The van der Waals surface area contributed by atoms with E-state index >= 15 is 0 Å². The van der Waals surface area contributed by atoms with Crippen molar-refractivity contribution in [2.75, 3.05) is 19.7 Å². The second-order valence-electron chi connectivity index (χ2n) is 6.21. The number of carbonyl (C=O) groups excluding carboxylic acids is 3. The topological polar surface area (TPSA) is 89.9 Å². The number of carbonyl (C=O) groups is 3. The summed E-state index contributed by atoms with van der Waals surface area (Å²) >= 11 is 0. The number of aromatic nitrogens is 1. The molecule has 8 heteroatoms. The van der Waals surface area contributed by atoms with Crippen molar-refractivity contribution in [2.24, 2.45) is 7.05 Å². The zero-order valence-electron chi connectivity index (χ0n) is 14.6. The Bertz CT molecular complexity index is 975. The van der Waals surface area contributed by atoms with E-state index in [4.69, 9.17) is 9.47 Å². The first kappa shape index (κ1) is 16.9. The van der Waals surface area contributed by atoms with Crippen LogP contribution in [0.3, 0.4) is 0 Å². The molecule has 8 nitrogen and oxygen atoms in total. The van der Waals surface area contributed by atoms with E-state index in [-0.39, 0.29) is 18.1 Å². The van der Waals surface area contributed by atoms with Crippen molar-refractivity contribution >= 4 is 23.8 Å². The number of rotatable bonds is 4. The average Bonchev–Trinajstić information content (AvgIpc) is 3.34. The number of hydrogen-bond donors (Lipinski definition) is 1. The van der Waals surface area contributed by atoms with Crippen molar-refractivity contribution in [1.82, 2.24) is 14.8 Å². The standard InChI is InChI=1S/C19H17N3O5/c1-21-7-2-3-12(21)9-16-18(24)14-5-4-13(10-15(14)27-16)26-11-17(23)22-8-6-20-19(22)25/h2-5,7,9-10H,6,8,11H2,1H3,(H,20,25). The van der Waals surface area contributed by atoms with Gasteiger partial charge in [-0.25, -0.2) is 4.79 Å². The zero-order chi connectivity index (χ0) is 19.0. The number of benzene rings is 1. The maximum absolute atomic E-state index is 12.5. The summed E-state index contributed by atoms with van der Waals surface area (Å²) in [5.41, 5.74) is 1.28. The number of amides is 3. The fourth-order valence-electron chi connectivity index (χ4n) is 2.95. The molecule has 0 unspecified atom stereocenters. The summed E-state index contributed by atoms with van der Waals surface area (Å²) in [7, 11) is 1.88. The molecular formula is C19H17N3O5. The number of fused-ring (bicyclic) bond motifs is 1. The SMILES string of the molecule is Cn1cccc1C=C1Oc2cc(OCC(=O)N3CCNC3=O)ccc2C1=O. The van der Waals surface area contributed by atoms with Gasteiger partial charge in [0.2, 0.25) is 5.78 Å². The molecule has 27 heavy (non-hydrogen) atoms. The van der Waals surface area contributed by atoms with Gasteiger partial charge in [-0.1, -0.05) is 0 Å². The minimum absolute atomic E-state index is 0.206. The lowest BCUT2D eigenvalue weighted by Crippen LogP contribution is -2.37. The number of urea groups is 1. The van der Waals surface area contributed by atoms with Crippen LogP contribution >= 0.6 is 0 Å². The number of imide groups is 1. The van der Waals surface area contributed by atoms with Crippen LogP contribution < -0.4 is 14.8 Å². The molecule has 1 fully saturated rings. The predicted molar refractivity (Wildman–Crippen MR) is 95.4 cm³/mol. The van der Waals surface area contributed by atoms with E-state index in [0.29, 0.717) is 30.2 Å². The minimum atomic E-state index is -0.424. The molecule has 1 aromatic carbocycles. The first-order valence-corrected chi connectivity index (χ1v) is 8.43. The molecule has 1 aromatic heterocycles. The molecule has 1 saturated heterocycles. The number of allylic oxidation sites excluding steroid dienone is 1. The predicted octanol–water partition coefficient (Wildman–Crippen LogP) is 1.57. The van der Waals surface area contributed by atoms with E-state index < -0.39 is 11.9 Å². The molecule has 2 aromatic rings. The number of aryl methyl sites for hydroxylation is 1. The van der Waals surface area contributed by atoms with Gasteiger partial charge in [0, 0.05) is 44.2 Å². The molecule has 2 aliphatic heterocycles. The molecule has 0 spiro atoms. The largest absolute Gasteiger partial charge is 0.484 e. The minimum Gasteiger partial charge on any atom is -0.484 e. The van der Waals surface area contributed by atoms with Gasteiger partial charge in [0.1, 0.15) is 11.5 Å². The lowest BCUT2D eigenvalue weighted by molar-refractivity contribution is -0.129. The lowest BCUT2D eigenvalue weighted by Gasteiger charge is -2.13. The van der Waals surface area contributed by atoms with Crippen LogP contribution in [0.5, 0.6) is 11.5 Å². The molecule has 3 amide bonds. The van der Waals surface area contributed by atoms with Crippen LogP contribution in [0.25, 0.3) is 6.08 Å². The van der Waals surface area contributed by atoms with E-state index in [1.807, 2.05) is 29.9 Å². The number of nitrogens with one attached hydrogen (secondary N) is 1. The van der Waals surface area contributed by atoms with Gasteiger partial charge in [0.25, 0.3) is 5.91 Å². The van der Waals surface area contributed by atoms with Gasteiger partial charge in [-0.05, 0) is 24.3 Å². The Hall–Kier alpha value is -3.55. The van der Waals surface area contributed by atoms with Crippen LogP contribution in [0.2, 0.25) is 0 Å². The second-order valence-corrected chi connectivity index (χ2v) is 6.21. The third-order valence-electron chi connectivity index (χ3n) is 4.42. The zero-order valence-corrected chi connectivity index (χ0v) is 14.6. The number of hydrogen-bond acceptors (Lipinski definition) is 5. The van der Waals surface area contributed by atoms with Crippen molar-refractivity contribution in [3.8, 4) is 11.5 Å². The molecule has 0 radical (unpaired) electrons. The molecule has 0 saturated carbocycles. The van der Waals surface area contributed by atoms with Gasteiger partial charge in [-0.3, -0.25) is 14.5 Å². The number of ketones is 1. The maximum atomic E-state index is 12.5. The number of nitrogens with zero attached hydrogens (tertiary/aromatic N) is 2. The highest BCUT2D eigenvalue weighted by atomic mass is 16.5. The van der Waals surface area contributed by atoms with E-state index in [1.54, 1.807) is 24.3 Å². The fourth-order valence-corrected chi connectivity index (χ4v) is 2.95. The quantitative estimate of drug-likeness (QED) is 0.829. The van der Waals surface area contributed by atoms with Crippen LogP contribution in [0.15, 0.2) is 42.3 Å². The molecule has 0 bridgehead atoms. The van der Waals surface area contributed by atoms with Gasteiger partial charge in [-0.15, -0.1) is 0 Å². The summed E-state index contributed by atoms with van der Waals surface area (Å²) in [6, 6.07) is 8.11.